The van der Waals surface area contributed by atoms with Crippen molar-refractivity contribution in [2.45, 2.75) is 58.7 Å². The van der Waals surface area contributed by atoms with E-state index in [0.29, 0.717) is 0 Å². The van der Waals surface area contributed by atoms with Gasteiger partial charge in [0.05, 0.1) is 18.5 Å². The van der Waals surface area contributed by atoms with Gasteiger partial charge >= 0.3 is 0 Å². The summed E-state index contributed by atoms with van der Waals surface area (Å²) in [4.78, 5) is 36.9. The number of nitrogens with one attached hydrogen (secondary N) is 2. The normalized spacial score (nSPS) is 14.3. The van der Waals surface area contributed by atoms with Crippen LogP contribution in [-0.4, -0.2) is 54.2 Å². The van der Waals surface area contributed by atoms with Crippen LogP contribution < -0.4 is 10.6 Å². The van der Waals surface area contributed by atoms with E-state index in [-0.39, 0.29) is 29.6 Å². The van der Waals surface area contributed by atoms with Gasteiger partial charge in [-0.15, -0.1) is 0 Å². The van der Waals surface area contributed by atoms with Crippen LogP contribution in [0.3, 0.4) is 0 Å². The molecule has 20 heavy (non-hydrogen) atoms. The predicted molar refractivity (Wildman–Crippen MR) is 78.3 cm³/mol. The van der Waals surface area contributed by atoms with Gasteiger partial charge in [0.1, 0.15) is 0 Å². The lowest BCUT2D eigenvalue weighted by Crippen LogP contribution is -2.51. The van der Waals surface area contributed by atoms with Gasteiger partial charge in [0.15, 0.2) is 5.78 Å². The third kappa shape index (κ3) is 5.69. The van der Waals surface area contributed by atoms with Crippen LogP contribution in [-0.2, 0) is 14.4 Å². The molecule has 116 valence electrons. The summed E-state index contributed by atoms with van der Waals surface area (Å²) in [5, 5.41) is 5.40. The number of carbonyl (C=O) groups excluding carboxylic acids is 3. The zero-order valence-corrected chi connectivity index (χ0v) is 13.5. The largest absolute Gasteiger partial charge is 0.345 e. The molecule has 0 aliphatic heterocycles. The highest BCUT2D eigenvalue weighted by atomic mass is 16.2. The summed E-state index contributed by atoms with van der Waals surface area (Å²) in [6, 6.07) is -1.19. The van der Waals surface area contributed by atoms with Gasteiger partial charge in [-0.2, -0.15) is 0 Å². The fourth-order valence-corrected chi connectivity index (χ4v) is 1.43. The monoisotopic (exact) mass is 285 g/mol. The number of nitrogens with zero attached hydrogens (tertiary/aromatic N) is 1. The SMILES string of the molecule is CN[C@@H](CC(=O)N(C)C(C)(C)C)C(=O)NC(C)C(C)=O. The number of rotatable bonds is 6. The molecule has 0 aliphatic rings. The second-order valence-corrected chi connectivity index (χ2v) is 6.01. The molecule has 0 spiro atoms. The van der Waals surface area contributed by atoms with Gasteiger partial charge in [-0.25, -0.2) is 0 Å². The molecule has 0 fully saturated rings. The zero-order valence-electron chi connectivity index (χ0n) is 13.5. The zero-order chi connectivity index (χ0) is 16.1. The van der Waals surface area contributed by atoms with Crippen molar-refractivity contribution in [1.29, 1.82) is 0 Å². The van der Waals surface area contributed by atoms with Crippen molar-refractivity contribution in [2.75, 3.05) is 14.1 Å². The Bertz CT molecular complexity index is 374. The molecule has 0 aromatic carbocycles. The minimum Gasteiger partial charge on any atom is -0.345 e. The van der Waals surface area contributed by atoms with Crippen molar-refractivity contribution < 1.29 is 14.4 Å². The summed E-state index contributed by atoms with van der Waals surface area (Å²) in [6.45, 7) is 8.82. The number of hydrogen-bond acceptors (Lipinski definition) is 4. The van der Waals surface area contributed by atoms with E-state index in [0.717, 1.165) is 0 Å². The molecule has 0 radical (unpaired) electrons. The van der Waals surface area contributed by atoms with E-state index in [1.807, 2.05) is 20.8 Å². The number of amides is 2. The molecule has 6 nitrogen and oxygen atoms in total. The molecule has 0 rings (SSSR count). The van der Waals surface area contributed by atoms with Gasteiger partial charge in [0, 0.05) is 12.6 Å². The Labute approximate surface area is 121 Å². The number of Topliss-reactive ketones (excluding diaryl/α,β-unsaturated/α-hetero) is 1. The third-order valence-electron chi connectivity index (χ3n) is 3.39. The fraction of sp³-hybridized carbons (Fsp3) is 0.786. The maximum atomic E-state index is 12.1. The Balaban J connectivity index is 4.67. The van der Waals surface area contributed by atoms with Crippen LogP contribution in [0.1, 0.15) is 41.0 Å². The Kier molecular flexibility index (Phi) is 6.85. The molecule has 1 unspecified atom stereocenters. The molecule has 2 amide bonds. The predicted octanol–water partition coefficient (Wildman–Crippen LogP) is 0.315. The number of likely N-dealkylation sites (N-methyl/N-ethyl adjacent to an activating group) is 1. The van der Waals surface area contributed by atoms with Gasteiger partial charge in [0.25, 0.3) is 0 Å². The van der Waals surface area contributed by atoms with Gasteiger partial charge in [-0.3, -0.25) is 14.4 Å². The van der Waals surface area contributed by atoms with E-state index >= 15 is 0 Å². The Morgan fingerprint density at radius 1 is 1.20 bits per heavy atom. The lowest BCUT2D eigenvalue weighted by atomic mass is 10.0. The first kappa shape index (κ1) is 18.6. The summed E-state index contributed by atoms with van der Waals surface area (Å²) < 4.78 is 0. The first-order valence-electron chi connectivity index (χ1n) is 6.75. The Hall–Kier alpha value is -1.43. The van der Waals surface area contributed by atoms with Crippen molar-refractivity contribution in [2.24, 2.45) is 0 Å². The highest BCUT2D eigenvalue weighted by molar-refractivity contribution is 5.92. The first-order valence-corrected chi connectivity index (χ1v) is 6.75. The standard InChI is InChI=1S/C14H27N3O3/c1-9(10(2)18)16-13(20)11(15-6)8-12(19)17(7)14(3,4)5/h9,11,15H,8H2,1-7H3,(H,16,20)/t9?,11-/m0/s1. The number of ketones is 1. The quantitative estimate of drug-likeness (QED) is 0.736. The van der Waals surface area contributed by atoms with Crippen LogP contribution in [0.25, 0.3) is 0 Å². The summed E-state index contributed by atoms with van der Waals surface area (Å²) in [6.07, 6.45) is 0.0563. The molecular weight excluding hydrogens is 258 g/mol. The van der Waals surface area contributed by atoms with E-state index < -0.39 is 12.1 Å². The maximum absolute atomic E-state index is 12.1. The molecule has 0 aliphatic carbocycles. The summed E-state index contributed by atoms with van der Waals surface area (Å²) >= 11 is 0. The summed E-state index contributed by atoms with van der Waals surface area (Å²) in [7, 11) is 3.33. The molecule has 0 saturated heterocycles. The molecule has 0 heterocycles. The molecular formula is C14H27N3O3. The fourth-order valence-electron chi connectivity index (χ4n) is 1.43. The number of hydrogen-bond donors (Lipinski definition) is 2. The molecule has 2 N–H and O–H groups in total. The molecule has 0 aromatic heterocycles. The van der Waals surface area contributed by atoms with Gasteiger partial charge in [-0.05, 0) is 41.7 Å². The average Bonchev–Trinajstić information content (AvgIpc) is 2.32. The molecule has 2 atom stereocenters. The lowest BCUT2D eigenvalue weighted by Gasteiger charge is -2.33. The van der Waals surface area contributed by atoms with Crippen molar-refractivity contribution >= 4 is 17.6 Å². The van der Waals surface area contributed by atoms with Gasteiger partial charge in [0.2, 0.25) is 11.8 Å². The molecule has 0 bridgehead atoms. The average molecular weight is 285 g/mol. The topological polar surface area (TPSA) is 78.5 Å². The van der Waals surface area contributed by atoms with Gasteiger partial charge in [-0.1, -0.05) is 0 Å². The molecule has 0 aromatic rings. The van der Waals surface area contributed by atoms with Crippen LogP contribution in [0.2, 0.25) is 0 Å². The van der Waals surface area contributed by atoms with Gasteiger partial charge < -0.3 is 15.5 Å². The van der Waals surface area contributed by atoms with E-state index in [2.05, 4.69) is 10.6 Å². The van der Waals surface area contributed by atoms with Crippen LogP contribution in [0.4, 0.5) is 0 Å². The highest BCUT2D eigenvalue weighted by Crippen LogP contribution is 2.12. The van der Waals surface area contributed by atoms with Crippen LogP contribution in [0, 0.1) is 0 Å². The maximum Gasteiger partial charge on any atom is 0.238 e. The second-order valence-electron chi connectivity index (χ2n) is 6.01. The first-order chi connectivity index (χ1) is 9.00. The van der Waals surface area contributed by atoms with Crippen LogP contribution >= 0.6 is 0 Å². The second kappa shape index (κ2) is 7.38. The molecule has 0 saturated carbocycles. The Morgan fingerprint density at radius 3 is 2.05 bits per heavy atom. The van der Waals surface area contributed by atoms with E-state index in [1.165, 1.54) is 6.92 Å². The van der Waals surface area contributed by atoms with E-state index in [9.17, 15) is 14.4 Å². The highest BCUT2D eigenvalue weighted by Gasteiger charge is 2.28. The lowest BCUT2D eigenvalue weighted by molar-refractivity contribution is -0.137. The summed E-state index contributed by atoms with van der Waals surface area (Å²) in [5.41, 5.74) is -0.293. The van der Waals surface area contributed by atoms with Crippen molar-refractivity contribution in [3.63, 3.8) is 0 Å². The van der Waals surface area contributed by atoms with Crippen molar-refractivity contribution in [1.82, 2.24) is 15.5 Å². The number of carbonyl (C=O) groups is 3. The minimum absolute atomic E-state index is 0.0563. The minimum atomic E-state index is -0.644. The van der Waals surface area contributed by atoms with E-state index in [4.69, 9.17) is 0 Å². The van der Waals surface area contributed by atoms with Crippen molar-refractivity contribution in [3.8, 4) is 0 Å². The van der Waals surface area contributed by atoms with Crippen molar-refractivity contribution in [3.05, 3.63) is 0 Å². The Morgan fingerprint density at radius 2 is 1.70 bits per heavy atom. The summed E-state index contributed by atoms with van der Waals surface area (Å²) in [5.74, 6) is -0.584. The third-order valence-corrected chi connectivity index (χ3v) is 3.39. The molecule has 6 heteroatoms. The van der Waals surface area contributed by atoms with Crippen LogP contribution in [0.15, 0.2) is 0 Å². The van der Waals surface area contributed by atoms with E-state index in [1.54, 1.807) is 25.9 Å². The van der Waals surface area contributed by atoms with Crippen LogP contribution in [0.5, 0.6) is 0 Å². The smallest absolute Gasteiger partial charge is 0.238 e.